The molecule has 43 heavy (non-hydrogen) atoms. The molecule has 0 aliphatic heterocycles. The molecular formula is C39H23N3O. The average Bonchev–Trinajstić information content (AvgIpc) is 3.71. The number of nitrogens with zero attached hydrogens (tertiary/aromatic N) is 3. The molecule has 0 spiro atoms. The average molecular weight is 550 g/mol. The summed E-state index contributed by atoms with van der Waals surface area (Å²) in [6, 6.07) is 49.4. The third-order valence-electron chi connectivity index (χ3n) is 8.89. The Labute approximate surface area is 245 Å². The molecule has 0 unspecified atom stereocenters. The first kappa shape index (κ1) is 22.8. The predicted molar refractivity (Wildman–Crippen MR) is 178 cm³/mol. The molecule has 200 valence electrons. The van der Waals surface area contributed by atoms with Gasteiger partial charge in [0.1, 0.15) is 16.8 Å². The summed E-state index contributed by atoms with van der Waals surface area (Å²) in [6.45, 7) is 0. The van der Waals surface area contributed by atoms with Crippen molar-refractivity contribution in [2.24, 2.45) is 0 Å². The quantitative estimate of drug-likeness (QED) is 0.215. The van der Waals surface area contributed by atoms with Gasteiger partial charge < -0.3 is 13.6 Å². The van der Waals surface area contributed by atoms with Gasteiger partial charge >= 0.3 is 0 Å². The van der Waals surface area contributed by atoms with Crippen molar-refractivity contribution in [3.8, 4) is 11.4 Å². The minimum atomic E-state index is 0.800. The molecule has 0 saturated carbocycles. The smallest absolute Gasteiger partial charge is 0.178 e. The highest BCUT2D eigenvalue weighted by Crippen LogP contribution is 2.41. The Kier molecular flexibility index (Phi) is 4.42. The van der Waals surface area contributed by atoms with Crippen molar-refractivity contribution < 1.29 is 4.42 Å². The molecule has 4 aromatic heterocycles. The lowest BCUT2D eigenvalue weighted by molar-refractivity contribution is 0.666. The van der Waals surface area contributed by atoms with Crippen LogP contribution in [0.4, 0.5) is 0 Å². The predicted octanol–water partition coefficient (Wildman–Crippen LogP) is 10.3. The minimum Gasteiger partial charge on any atom is -0.452 e. The molecule has 0 fully saturated rings. The first-order valence-corrected chi connectivity index (χ1v) is 14.6. The molecule has 4 nitrogen and oxygen atoms in total. The van der Waals surface area contributed by atoms with Gasteiger partial charge in [-0.2, -0.15) is 0 Å². The number of hydrogen-bond acceptors (Lipinski definition) is 2. The molecule has 0 saturated heterocycles. The minimum absolute atomic E-state index is 0.800. The summed E-state index contributed by atoms with van der Waals surface area (Å²) in [5, 5.41) is 7.00. The van der Waals surface area contributed by atoms with E-state index in [1.165, 1.54) is 32.6 Å². The molecule has 0 N–H and O–H groups in total. The zero-order chi connectivity index (χ0) is 28.1. The van der Waals surface area contributed by atoms with E-state index in [2.05, 4.69) is 130 Å². The second-order valence-electron chi connectivity index (χ2n) is 11.2. The topological polar surface area (TPSA) is 35.9 Å². The Hall–Kier alpha value is -5.87. The van der Waals surface area contributed by atoms with Gasteiger partial charge in [0.25, 0.3) is 0 Å². The maximum absolute atomic E-state index is 6.60. The molecule has 4 heteroatoms. The zero-order valence-corrected chi connectivity index (χ0v) is 23.0. The number of pyridine rings is 1. The number of hydrogen-bond donors (Lipinski definition) is 0. The highest BCUT2D eigenvalue weighted by Gasteiger charge is 2.22. The lowest BCUT2D eigenvalue weighted by Gasteiger charge is -2.13. The van der Waals surface area contributed by atoms with E-state index in [4.69, 9.17) is 9.40 Å². The molecule has 0 aliphatic carbocycles. The second kappa shape index (κ2) is 8.34. The van der Waals surface area contributed by atoms with Crippen LogP contribution in [0.3, 0.4) is 0 Å². The molecule has 10 aromatic rings. The van der Waals surface area contributed by atoms with E-state index >= 15 is 0 Å². The largest absolute Gasteiger partial charge is 0.452 e. The van der Waals surface area contributed by atoms with Gasteiger partial charge in [0.15, 0.2) is 5.58 Å². The fraction of sp³-hybridized carbons (Fsp3) is 0. The molecule has 0 bridgehead atoms. The maximum Gasteiger partial charge on any atom is 0.178 e. The third-order valence-corrected chi connectivity index (χ3v) is 8.89. The van der Waals surface area contributed by atoms with E-state index in [0.29, 0.717) is 0 Å². The van der Waals surface area contributed by atoms with Crippen LogP contribution >= 0.6 is 0 Å². The molecule has 0 radical (unpaired) electrons. The van der Waals surface area contributed by atoms with Gasteiger partial charge in [-0.3, -0.25) is 0 Å². The van der Waals surface area contributed by atoms with Crippen LogP contribution in [-0.2, 0) is 0 Å². The Morgan fingerprint density at radius 1 is 0.442 bits per heavy atom. The highest BCUT2D eigenvalue weighted by atomic mass is 16.3. The Morgan fingerprint density at radius 3 is 1.70 bits per heavy atom. The van der Waals surface area contributed by atoms with Crippen LogP contribution in [0, 0.1) is 0 Å². The van der Waals surface area contributed by atoms with Gasteiger partial charge in [-0.25, -0.2) is 4.98 Å². The third kappa shape index (κ3) is 3.02. The number of rotatable bonds is 2. The summed E-state index contributed by atoms with van der Waals surface area (Å²) in [4.78, 5) is 5.09. The molecular weight excluding hydrogens is 526 g/mol. The number of furan rings is 1. The van der Waals surface area contributed by atoms with E-state index in [0.717, 1.165) is 55.4 Å². The van der Waals surface area contributed by atoms with Gasteiger partial charge in [-0.05, 0) is 54.6 Å². The normalized spacial score (nSPS) is 12.2. The number of aromatic nitrogens is 3. The number of benzene rings is 6. The monoisotopic (exact) mass is 549 g/mol. The highest BCUT2D eigenvalue weighted by molar-refractivity contribution is 6.16. The van der Waals surface area contributed by atoms with E-state index in [1.807, 2.05) is 18.2 Å². The van der Waals surface area contributed by atoms with Crippen LogP contribution < -0.4 is 0 Å². The van der Waals surface area contributed by atoms with Crippen LogP contribution in [0.2, 0.25) is 0 Å². The van der Waals surface area contributed by atoms with Crippen LogP contribution in [-0.4, -0.2) is 14.1 Å². The van der Waals surface area contributed by atoms with E-state index < -0.39 is 0 Å². The SMILES string of the molecule is c1ccc2c(-n3c4ccccc4c4cc(-n5c6ccccc6c6ccccc65)ccc43)c3oc4ccccc4c3nc2c1. The Morgan fingerprint density at radius 2 is 0.977 bits per heavy atom. The van der Waals surface area contributed by atoms with Gasteiger partial charge in [-0.1, -0.05) is 84.9 Å². The summed E-state index contributed by atoms with van der Waals surface area (Å²) in [7, 11) is 0. The zero-order valence-electron chi connectivity index (χ0n) is 23.0. The number of para-hydroxylation sites is 5. The summed E-state index contributed by atoms with van der Waals surface area (Å²) in [6.07, 6.45) is 0. The fourth-order valence-corrected chi connectivity index (χ4v) is 7.08. The second-order valence-corrected chi connectivity index (χ2v) is 11.2. The Bertz CT molecular complexity index is 2690. The van der Waals surface area contributed by atoms with Crippen molar-refractivity contribution >= 4 is 76.6 Å². The van der Waals surface area contributed by atoms with Gasteiger partial charge in [-0.15, -0.1) is 0 Å². The van der Waals surface area contributed by atoms with Gasteiger partial charge in [0.05, 0.1) is 27.6 Å². The van der Waals surface area contributed by atoms with Crippen LogP contribution in [0.25, 0.3) is 88.0 Å². The van der Waals surface area contributed by atoms with Crippen molar-refractivity contribution in [2.45, 2.75) is 0 Å². The van der Waals surface area contributed by atoms with Crippen LogP contribution in [0.5, 0.6) is 0 Å². The summed E-state index contributed by atoms with van der Waals surface area (Å²) in [5.74, 6) is 0. The van der Waals surface area contributed by atoms with Crippen molar-refractivity contribution in [1.82, 2.24) is 14.1 Å². The molecule has 10 rings (SSSR count). The standard InChI is InChI=1S/C39H23N3O/c1-6-16-31-28(14-1)38(39-37(40-31)29-15-5-10-20-36(29)43-39)42-34-19-9-4-13-27(34)30-23-24(21-22-35(30)42)41-32-17-7-2-11-25(32)26-12-3-8-18-33(26)41/h1-23H. The fourth-order valence-electron chi connectivity index (χ4n) is 7.08. The molecule has 0 aliphatic rings. The number of fused-ring (bicyclic) bond motifs is 10. The molecule has 4 heterocycles. The van der Waals surface area contributed by atoms with Gasteiger partial charge in [0, 0.05) is 38.0 Å². The lowest BCUT2D eigenvalue weighted by Crippen LogP contribution is -1.98. The van der Waals surface area contributed by atoms with Crippen molar-refractivity contribution in [3.05, 3.63) is 140 Å². The summed E-state index contributed by atoms with van der Waals surface area (Å²) < 4.78 is 11.4. The molecule has 0 atom stereocenters. The van der Waals surface area contributed by atoms with Crippen molar-refractivity contribution in [2.75, 3.05) is 0 Å². The molecule has 6 aromatic carbocycles. The van der Waals surface area contributed by atoms with Crippen LogP contribution in [0.1, 0.15) is 0 Å². The summed E-state index contributed by atoms with van der Waals surface area (Å²) in [5.41, 5.74) is 10.3. The van der Waals surface area contributed by atoms with Gasteiger partial charge in [0.2, 0.25) is 0 Å². The van der Waals surface area contributed by atoms with Crippen molar-refractivity contribution in [3.63, 3.8) is 0 Å². The van der Waals surface area contributed by atoms with Crippen LogP contribution in [0.15, 0.2) is 144 Å². The maximum atomic E-state index is 6.60. The Balaban J connectivity index is 1.35. The first-order valence-electron chi connectivity index (χ1n) is 14.6. The molecule has 0 amide bonds. The van der Waals surface area contributed by atoms with E-state index in [-0.39, 0.29) is 0 Å². The van der Waals surface area contributed by atoms with E-state index in [9.17, 15) is 0 Å². The lowest BCUT2D eigenvalue weighted by atomic mass is 10.1. The first-order chi connectivity index (χ1) is 21.3. The van der Waals surface area contributed by atoms with Crippen molar-refractivity contribution in [1.29, 1.82) is 0 Å². The van der Waals surface area contributed by atoms with E-state index in [1.54, 1.807) is 0 Å². The summed E-state index contributed by atoms with van der Waals surface area (Å²) >= 11 is 0.